The first-order chi connectivity index (χ1) is 8.40. The number of hydrogen-bond acceptors (Lipinski definition) is 3. The van der Waals surface area contributed by atoms with Gasteiger partial charge in [-0.15, -0.1) is 0 Å². The number of nitrogens with zero attached hydrogens (tertiary/aromatic N) is 2. The third-order valence-electron chi connectivity index (χ3n) is 4.26. The molecule has 0 aliphatic heterocycles. The van der Waals surface area contributed by atoms with Crippen LogP contribution in [0.3, 0.4) is 0 Å². The maximum atomic E-state index is 10.5. The van der Waals surface area contributed by atoms with Crippen LogP contribution in [0.15, 0.2) is 6.07 Å². The van der Waals surface area contributed by atoms with Gasteiger partial charge in [-0.3, -0.25) is 4.68 Å². The van der Waals surface area contributed by atoms with Gasteiger partial charge in [0.25, 0.3) is 0 Å². The van der Waals surface area contributed by atoms with Crippen LogP contribution in [0, 0.1) is 12.8 Å². The molecule has 2 N–H and O–H groups in total. The lowest BCUT2D eigenvalue weighted by molar-refractivity contribution is -0.103. The van der Waals surface area contributed by atoms with E-state index >= 15 is 0 Å². The average Bonchev–Trinajstić information content (AvgIpc) is 2.62. The van der Waals surface area contributed by atoms with E-state index in [9.17, 15) is 10.2 Å². The van der Waals surface area contributed by atoms with Crippen LogP contribution < -0.4 is 0 Å². The zero-order valence-electron chi connectivity index (χ0n) is 11.6. The van der Waals surface area contributed by atoms with Crippen molar-refractivity contribution in [3.05, 3.63) is 17.5 Å². The number of aromatic nitrogens is 2. The minimum absolute atomic E-state index is 0.474. The quantitative estimate of drug-likeness (QED) is 0.858. The minimum Gasteiger partial charge on any atom is -0.390 e. The Morgan fingerprint density at radius 1 is 1.50 bits per heavy atom. The Kier molecular flexibility index (Phi) is 3.78. The van der Waals surface area contributed by atoms with Gasteiger partial charge in [-0.2, -0.15) is 5.10 Å². The monoisotopic (exact) mass is 252 g/mol. The summed E-state index contributed by atoms with van der Waals surface area (Å²) >= 11 is 0. The molecule has 0 spiro atoms. The zero-order valence-corrected chi connectivity index (χ0v) is 11.6. The van der Waals surface area contributed by atoms with E-state index in [2.05, 4.69) is 12.0 Å². The number of aryl methyl sites for hydroxylation is 2. The second-order valence-electron chi connectivity index (χ2n) is 5.91. The molecule has 4 heteroatoms. The van der Waals surface area contributed by atoms with Crippen molar-refractivity contribution in [1.82, 2.24) is 9.78 Å². The Labute approximate surface area is 109 Å². The van der Waals surface area contributed by atoms with Crippen LogP contribution in [0.1, 0.15) is 44.0 Å². The smallest absolute Gasteiger partial charge is 0.0909 e. The predicted octanol–water partition coefficient (Wildman–Crippen LogP) is 1.57. The molecule has 1 unspecified atom stereocenters. The summed E-state index contributed by atoms with van der Waals surface area (Å²) in [6, 6.07) is 1.97. The second-order valence-corrected chi connectivity index (χ2v) is 5.91. The highest BCUT2D eigenvalue weighted by molar-refractivity contribution is 5.11. The molecule has 1 heterocycles. The topological polar surface area (TPSA) is 58.3 Å². The molecule has 18 heavy (non-hydrogen) atoms. The van der Waals surface area contributed by atoms with Crippen LogP contribution in [-0.4, -0.2) is 31.7 Å². The van der Waals surface area contributed by atoms with Crippen molar-refractivity contribution in [2.24, 2.45) is 13.0 Å². The van der Waals surface area contributed by atoms with E-state index in [0.717, 1.165) is 24.2 Å². The number of aliphatic hydroxyl groups is 2. The van der Waals surface area contributed by atoms with Crippen molar-refractivity contribution in [3.63, 3.8) is 0 Å². The van der Waals surface area contributed by atoms with Crippen molar-refractivity contribution in [3.8, 4) is 0 Å². The Balaban J connectivity index is 2.03. The maximum Gasteiger partial charge on any atom is 0.0909 e. The van der Waals surface area contributed by atoms with Crippen molar-refractivity contribution >= 4 is 0 Å². The van der Waals surface area contributed by atoms with Gasteiger partial charge in [0.15, 0.2) is 0 Å². The normalized spacial score (nSPS) is 30.4. The SMILES string of the molecule is Cc1cc(CC(O)C2(O)CCC(C)CC2)n(C)n1. The molecular formula is C14H24N2O2. The summed E-state index contributed by atoms with van der Waals surface area (Å²) in [5.74, 6) is 0.663. The lowest BCUT2D eigenvalue weighted by Gasteiger charge is -2.38. The van der Waals surface area contributed by atoms with Crippen LogP contribution in [0.5, 0.6) is 0 Å². The van der Waals surface area contributed by atoms with Gasteiger partial charge in [0.05, 0.1) is 17.4 Å². The highest BCUT2D eigenvalue weighted by atomic mass is 16.3. The van der Waals surface area contributed by atoms with Gasteiger partial charge in [0.2, 0.25) is 0 Å². The highest BCUT2D eigenvalue weighted by Crippen LogP contribution is 2.35. The summed E-state index contributed by atoms with van der Waals surface area (Å²) in [6.07, 6.45) is 3.18. The lowest BCUT2D eigenvalue weighted by atomic mass is 9.75. The van der Waals surface area contributed by atoms with E-state index in [-0.39, 0.29) is 0 Å². The molecule has 1 aromatic heterocycles. The molecule has 1 aliphatic carbocycles. The molecule has 0 aromatic carbocycles. The third-order valence-corrected chi connectivity index (χ3v) is 4.26. The van der Waals surface area contributed by atoms with Crippen molar-refractivity contribution in [2.45, 2.75) is 57.7 Å². The Morgan fingerprint density at radius 2 is 2.11 bits per heavy atom. The lowest BCUT2D eigenvalue weighted by Crippen LogP contribution is -2.46. The standard InChI is InChI=1S/C14H24N2O2/c1-10-4-6-14(18,7-5-10)13(17)9-12-8-11(2)15-16(12)3/h8,10,13,17-18H,4-7,9H2,1-3H3. The molecule has 1 atom stereocenters. The number of aliphatic hydroxyl groups excluding tert-OH is 1. The summed E-state index contributed by atoms with van der Waals surface area (Å²) in [6.45, 7) is 4.14. The van der Waals surface area contributed by atoms with Gasteiger partial charge in [-0.1, -0.05) is 6.92 Å². The Morgan fingerprint density at radius 3 is 2.61 bits per heavy atom. The molecular weight excluding hydrogens is 228 g/mol. The zero-order chi connectivity index (χ0) is 13.3. The molecule has 102 valence electrons. The van der Waals surface area contributed by atoms with Gasteiger partial charge >= 0.3 is 0 Å². The Hall–Kier alpha value is -0.870. The molecule has 0 amide bonds. The molecule has 4 nitrogen and oxygen atoms in total. The van der Waals surface area contributed by atoms with E-state index in [0.29, 0.717) is 25.2 Å². The molecule has 1 aromatic rings. The van der Waals surface area contributed by atoms with Gasteiger partial charge in [-0.25, -0.2) is 0 Å². The fraction of sp³-hybridized carbons (Fsp3) is 0.786. The number of hydrogen-bond donors (Lipinski definition) is 2. The van der Waals surface area contributed by atoms with E-state index in [1.165, 1.54) is 0 Å². The van der Waals surface area contributed by atoms with Crippen molar-refractivity contribution < 1.29 is 10.2 Å². The van der Waals surface area contributed by atoms with E-state index in [1.54, 1.807) is 4.68 Å². The summed E-state index contributed by atoms with van der Waals surface area (Å²) in [5.41, 5.74) is 1.01. The molecule has 0 saturated heterocycles. The molecule has 1 fully saturated rings. The first kappa shape index (κ1) is 13.6. The fourth-order valence-electron chi connectivity index (χ4n) is 2.84. The highest BCUT2D eigenvalue weighted by Gasteiger charge is 2.38. The number of rotatable bonds is 3. The van der Waals surface area contributed by atoms with Crippen LogP contribution in [0.2, 0.25) is 0 Å². The van der Waals surface area contributed by atoms with Gasteiger partial charge < -0.3 is 10.2 Å². The van der Waals surface area contributed by atoms with Crippen LogP contribution >= 0.6 is 0 Å². The fourth-order valence-corrected chi connectivity index (χ4v) is 2.84. The van der Waals surface area contributed by atoms with Gasteiger partial charge in [0, 0.05) is 19.2 Å². The average molecular weight is 252 g/mol. The summed E-state index contributed by atoms with van der Waals surface area (Å²) in [5, 5.41) is 25.1. The first-order valence-electron chi connectivity index (χ1n) is 6.81. The second kappa shape index (κ2) is 5.02. The van der Waals surface area contributed by atoms with Crippen molar-refractivity contribution in [1.29, 1.82) is 0 Å². The Bertz CT molecular complexity index is 406. The molecule has 1 aliphatic rings. The third kappa shape index (κ3) is 2.75. The first-order valence-corrected chi connectivity index (χ1v) is 6.81. The van der Waals surface area contributed by atoms with E-state index in [1.807, 2.05) is 20.0 Å². The van der Waals surface area contributed by atoms with Gasteiger partial charge in [0.1, 0.15) is 0 Å². The maximum absolute atomic E-state index is 10.5. The van der Waals surface area contributed by atoms with Gasteiger partial charge in [-0.05, 0) is 44.6 Å². The van der Waals surface area contributed by atoms with Crippen molar-refractivity contribution in [2.75, 3.05) is 0 Å². The van der Waals surface area contributed by atoms with Crippen LogP contribution in [-0.2, 0) is 13.5 Å². The minimum atomic E-state index is -0.912. The summed E-state index contributed by atoms with van der Waals surface area (Å²) < 4.78 is 1.79. The molecule has 1 saturated carbocycles. The van der Waals surface area contributed by atoms with E-state index < -0.39 is 11.7 Å². The largest absolute Gasteiger partial charge is 0.390 e. The molecule has 0 bridgehead atoms. The predicted molar refractivity (Wildman–Crippen MR) is 70.2 cm³/mol. The summed E-state index contributed by atoms with van der Waals surface area (Å²) in [7, 11) is 1.88. The van der Waals surface area contributed by atoms with Crippen LogP contribution in [0.25, 0.3) is 0 Å². The molecule has 0 radical (unpaired) electrons. The summed E-state index contributed by atoms with van der Waals surface area (Å²) in [4.78, 5) is 0. The van der Waals surface area contributed by atoms with E-state index in [4.69, 9.17) is 0 Å². The van der Waals surface area contributed by atoms with Crippen LogP contribution in [0.4, 0.5) is 0 Å². The molecule has 2 rings (SSSR count).